The molecule has 30 heavy (non-hydrogen) atoms. The number of ether oxygens (including phenoxy) is 3. The van der Waals surface area contributed by atoms with Crippen LogP contribution in [0.2, 0.25) is 0 Å². The van der Waals surface area contributed by atoms with E-state index in [1.165, 1.54) is 19.2 Å². The molecule has 0 atom stereocenters. The first-order chi connectivity index (χ1) is 14.2. The van der Waals surface area contributed by atoms with Crippen LogP contribution in [0.1, 0.15) is 24.2 Å². The Kier molecular flexibility index (Phi) is 7.68. The fourth-order valence-electron chi connectivity index (χ4n) is 2.29. The molecular weight excluding hydrogens is 399 g/mol. The lowest BCUT2D eigenvalue weighted by Gasteiger charge is -2.13. The van der Waals surface area contributed by atoms with Gasteiger partial charge in [-0.25, -0.2) is 9.18 Å². The highest BCUT2D eigenvalue weighted by Crippen LogP contribution is 2.29. The molecule has 2 aromatic carbocycles. The highest BCUT2D eigenvalue weighted by Gasteiger charge is 2.16. The molecule has 1 amide bonds. The third kappa shape index (κ3) is 6.16. The molecule has 2 rings (SSSR count). The van der Waals surface area contributed by atoms with Crippen molar-refractivity contribution in [2.75, 3.05) is 25.6 Å². The fraction of sp³-hybridized carbons (Fsp3) is 0.300. The molecular formula is C20H21FN2O7. The summed E-state index contributed by atoms with van der Waals surface area (Å²) in [6.45, 7) is 3.73. The Labute approximate surface area is 171 Å². The summed E-state index contributed by atoms with van der Waals surface area (Å²) in [6.07, 6.45) is 0. The first-order valence-corrected chi connectivity index (χ1v) is 8.93. The average molecular weight is 420 g/mol. The lowest BCUT2D eigenvalue weighted by molar-refractivity contribution is -0.384. The van der Waals surface area contributed by atoms with Crippen LogP contribution in [0, 0.1) is 21.8 Å². The molecule has 0 saturated carbocycles. The van der Waals surface area contributed by atoms with Crippen LogP contribution in [-0.4, -0.2) is 37.1 Å². The van der Waals surface area contributed by atoms with E-state index in [4.69, 9.17) is 14.2 Å². The molecule has 2 aromatic rings. The van der Waals surface area contributed by atoms with E-state index in [2.05, 4.69) is 5.32 Å². The number of methoxy groups -OCH3 is 1. The smallest absolute Gasteiger partial charge is 0.338 e. The van der Waals surface area contributed by atoms with Crippen LogP contribution < -0.4 is 14.8 Å². The number of halogens is 1. The number of rotatable bonds is 9. The number of benzene rings is 2. The van der Waals surface area contributed by atoms with Crippen molar-refractivity contribution in [3.8, 4) is 11.5 Å². The number of esters is 1. The summed E-state index contributed by atoms with van der Waals surface area (Å²) in [5, 5.41) is 12.9. The zero-order valence-electron chi connectivity index (χ0n) is 16.6. The number of non-ortho nitro benzene ring substituents is 1. The van der Waals surface area contributed by atoms with Crippen molar-refractivity contribution in [3.63, 3.8) is 0 Å². The second kappa shape index (κ2) is 10.2. The van der Waals surface area contributed by atoms with Crippen LogP contribution in [-0.2, 0) is 9.53 Å². The van der Waals surface area contributed by atoms with Gasteiger partial charge in [0.05, 0.1) is 29.9 Å². The largest absolute Gasteiger partial charge is 0.493 e. The van der Waals surface area contributed by atoms with Gasteiger partial charge in [-0.15, -0.1) is 0 Å². The summed E-state index contributed by atoms with van der Waals surface area (Å²) >= 11 is 0. The Balaban J connectivity index is 1.99. The first-order valence-electron chi connectivity index (χ1n) is 8.93. The van der Waals surface area contributed by atoms with Crippen LogP contribution >= 0.6 is 0 Å². The van der Waals surface area contributed by atoms with E-state index < -0.39 is 40.6 Å². The molecule has 0 fully saturated rings. The predicted octanol–water partition coefficient (Wildman–Crippen LogP) is 3.57. The number of nitro groups is 1. The Hall–Kier alpha value is -3.69. The summed E-state index contributed by atoms with van der Waals surface area (Å²) in [5.74, 6) is -1.43. The van der Waals surface area contributed by atoms with Gasteiger partial charge in [0, 0.05) is 12.1 Å². The molecule has 0 spiro atoms. The molecule has 0 aliphatic carbocycles. The molecule has 0 aliphatic rings. The maximum absolute atomic E-state index is 13.7. The van der Waals surface area contributed by atoms with Gasteiger partial charge in [-0.2, -0.15) is 0 Å². The molecule has 0 bridgehead atoms. The van der Waals surface area contributed by atoms with E-state index in [0.29, 0.717) is 24.0 Å². The lowest BCUT2D eigenvalue weighted by Crippen LogP contribution is -2.21. The molecule has 0 radical (unpaired) electrons. The number of nitrogens with zero attached hydrogens (tertiary/aromatic N) is 1. The number of nitrogens with one attached hydrogen (secondary N) is 1. The van der Waals surface area contributed by atoms with Crippen LogP contribution in [0.4, 0.5) is 15.8 Å². The maximum Gasteiger partial charge on any atom is 0.338 e. The fourth-order valence-corrected chi connectivity index (χ4v) is 2.29. The minimum Gasteiger partial charge on any atom is -0.493 e. The van der Waals surface area contributed by atoms with E-state index in [-0.39, 0.29) is 5.56 Å². The van der Waals surface area contributed by atoms with Gasteiger partial charge in [0.2, 0.25) is 0 Å². The monoisotopic (exact) mass is 420 g/mol. The van der Waals surface area contributed by atoms with E-state index >= 15 is 0 Å². The van der Waals surface area contributed by atoms with Crippen LogP contribution in [0.5, 0.6) is 11.5 Å². The Morgan fingerprint density at radius 2 is 1.90 bits per heavy atom. The van der Waals surface area contributed by atoms with Gasteiger partial charge >= 0.3 is 5.97 Å². The topological polar surface area (TPSA) is 117 Å². The Bertz CT molecular complexity index is 947. The van der Waals surface area contributed by atoms with Crippen LogP contribution in [0.3, 0.4) is 0 Å². The zero-order valence-corrected chi connectivity index (χ0v) is 16.6. The lowest BCUT2D eigenvalue weighted by atomic mass is 10.2. The van der Waals surface area contributed by atoms with E-state index in [1.807, 2.05) is 13.8 Å². The summed E-state index contributed by atoms with van der Waals surface area (Å²) < 4.78 is 29.4. The van der Waals surface area contributed by atoms with E-state index in [0.717, 1.165) is 18.2 Å². The Morgan fingerprint density at radius 1 is 1.17 bits per heavy atom. The van der Waals surface area contributed by atoms with Gasteiger partial charge in [-0.1, -0.05) is 13.8 Å². The van der Waals surface area contributed by atoms with Gasteiger partial charge in [0.15, 0.2) is 18.1 Å². The standard InChI is InChI=1S/C20H21FN2O7/c1-12(2)10-29-17-7-4-13(8-18(17)28-3)20(25)30-11-19(24)22-16-9-14(23(26)27)5-6-15(16)21/h4-9,12H,10-11H2,1-3H3,(H,22,24). The normalized spacial score (nSPS) is 10.4. The number of hydrogen-bond donors (Lipinski definition) is 1. The van der Waals surface area contributed by atoms with Gasteiger partial charge in [0.1, 0.15) is 5.82 Å². The SMILES string of the molecule is COc1cc(C(=O)OCC(=O)Nc2cc([N+](=O)[O-])ccc2F)ccc1OCC(C)C. The highest BCUT2D eigenvalue weighted by atomic mass is 19.1. The summed E-state index contributed by atoms with van der Waals surface area (Å²) in [4.78, 5) is 34.2. The third-order valence-electron chi connectivity index (χ3n) is 3.74. The molecule has 1 N–H and O–H groups in total. The number of anilines is 1. The third-order valence-corrected chi connectivity index (χ3v) is 3.74. The van der Waals surface area contributed by atoms with Gasteiger partial charge < -0.3 is 19.5 Å². The highest BCUT2D eigenvalue weighted by molar-refractivity contribution is 5.96. The molecule has 0 aliphatic heterocycles. The van der Waals surface area contributed by atoms with Crippen LogP contribution in [0.15, 0.2) is 36.4 Å². The number of amides is 1. The summed E-state index contributed by atoms with van der Waals surface area (Å²) in [5.41, 5.74) is -0.660. The Morgan fingerprint density at radius 3 is 2.53 bits per heavy atom. The first kappa shape index (κ1) is 22.6. The van der Waals surface area contributed by atoms with Crippen molar-refractivity contribution in [2.24, 2.45) is 5.92 Å². The van der Waals surface area contributed by atoms with Crippen molar-refractivity contribution in [1.29, 1.82) is 0 Å². The van der Waals surface area contributed by atoms with Gasteiger partial charge in [-0.3, -0.25) is 14.9 Å². The zero-order chi connectivity index (χ0) is 22.3. The molecule has 0 saturated heterocycles. The maximum atomic E-state index is 13.7. The van der Waals surface area contributed by atoms with Crippen molar-refractivity contribution in [2.45, 2.75) is 13.8 Å². The second-order valence-electron chi connectivity index (χ2n) is 6.62. The summed E-state index contributed by atoms with van der Waals surface area (Å²) in [6, 6.07) is 7.11. The predicted molar refractivity (Wildman–Crippen MR) is 105 cm³/mol. The molecule has 9 nitrogen and oxygen atoms in total. The minimum absolute atomic E-state index is 0.123. The molecule has 0 heterocycles. The van der Waals surface area contributed by atoms with Crippen molar-refractivity contribution in [3.05, 3.63) is 57.9 Å². The number of nitro benzene ring substituents is 1. The van der Waals surface area contributed by atoms with E-state index in [1.54, 1.807) is 6.07 Å². The van der Waals surface area contributed by atoms with Crippen molar-refractivity contribution in [1.82, 2.24) is 0 Å². The van der Waals surface area contributed by atoms with Crippen molar-refractivity contribution >= 4 is 23.3 Å². The molecule has 160 valence electrons. The summed E-state index contributed by atoms with van der Waals surface area (Å²) in [7, 11) is 1.42. The van der Waals surface area contributed by atoms with Crippen molar-refractivity contribution < 1.29 is 33.1 Å². The van der Waals surface area contributed by atoms with E-state index in [9.17, 15) is 24.1 Å². The number of hydrogen-bond acceptors (Lipinski definition) is 7. The number of carbonyl (C=O) groups is 2. The second-order valence-corrected chi connectivity index (χ2v) is 6.62. The average Bonchev–Trinajstić information content (AvgIpc) is 2.71. The van der Waals surface area contributed by atoms with Gasteiger partial charge in [-0.05, 0) is 30.2 Å². The molecule has 10 heteroatoms. The molecule has 0 unspecified atom stereocenters. The minimum atomic E-state index is -0.859. The van der Waals surface area contributed by atoms with Crippen LogP contribution in [0.25, 0.3) is 0 Å². The quantitative estimate of drug-likeness (QED) is 0.374. The van der Waals surface area contributed by atoms with Gasteiger partial charge in [0.25, 0.3) is 11.6 Å². The number of carbonyl (C=O) groups excluding carboxylic acids is 2. The molecule has 0 aromatic heterocycles.